The summed E-state index contributed by atoms with van der Waals surface area (Å²) in [6.45, 7) is 6.10. The molecule has 0 saturated heterocycles. The SMILES string of the molecule is C/C=C(\C#N)c1ccc(OC)c(C(C)C)c1. The van der Waals surface area contributed by atoms with Crippen LogP contribution in [0.3, 0.4) is 0 Å². The maximum atomic E-state index is 8.99. The molecular formula is C14H17NO. The number of methoxy groups -OCH3 is 1. The fourth-order valence-corrected chi connectivity index (χ4v) is 1.65. The Morgan fingerprint density at radius 3 is 2.56 bits per heavy atom. The van der Waals surface area contributed by atoms with Crippen LogP contribution in [-0.2, 0) is 0 Å². The summed E-state index contributed by atoms with van der Waals surface area (Å²) in [4.78, 5) is 0. The Morgan fingerprint density at radius 1 is 1.44 bits per heavy atom. The minimum absolute atomic E-state index is 0.381. The van der Waals surface area contributed by atoms with Crippen LogP contribution in [0.4, 0.5) is 0 Å². The first-order valence-electron chi connectivity index (χ1n) is 5.38. The van der Waals surface area contributed by atoms with Gasteiger partial charge in [-0.25, -0.2) is 0 Å². The number of hydrogen-bond donors (Lipinski definition) is 0. The van der Waals surface area contributed by atoms with Crippen LogP contribution in [0.1, 0.15) is 37.8 Å². The smallest absolute Gasteiger partial charge is 0.122 e. The van der Waals surface area contributed by atoms with Gasteiger partial charge in [0.25, 0.3) is 0 Å². The monoisotopic (exact) mass is 215 g/mol. The van der Waals surface area contributed by atoms with Crippen LogP contribution < -0.4 is 4.74 Å². The minimum atomic E-state index is 0.381. The Bertz CT molecular complexity index is 439. The molecule has 0 saturated carbocycles. The van der Waals surface area contributed by atoms with Gasteiger partial charge in [0.1, 0.15) is 5.75 Å². The molecule has 0 fully saturated rings. The molecule has 16 heavy (non-hydrogen) atoms. The van der Waals surface area contributed by atoms with Crippen molar-refractivity contribution in [2.24, 2.45) is 0 Å². The number of nitrogens with zero attached hydrogens (tertiary/aromatic N) is 1. The summed E-state index contributed by atoms with van der Waals surface area (Å²) < 4.78 is 5.31. The van der Waals surface area contributed by atoms with Gasteiger partial charge in [0.2, 0.25) is 0 Å². The number of nitriles is 1. The summed E-state index contributed by atoms with van der Waals surface area (Å²) in [7, 11) is 1.67. The molecule has 2 heteroatoms. The summed E-state index contributed by atoms with van der Waals surface area (Å²) in [6, 6.07) is 8.06. The quantitative estimate of drug-likeness (QED) is 0.719. The molecule has 0 unspecified atom stereocenters. The van der Waals surface area contributed by atoms with E-state index in [1.165, 1.54) is 0 Å². The maximum Gasteiger partial charge on any atom is 0.122 e. The molecule has 0 heterocycles. The second kappa shape index (κ2) is 5.37. The number of hydrogen-bond acceptors (Lipinski definition) is 2. The average Bonchev–Trinajstić information content (AvgIpc) is 2.30. The van der Waals surface area contributed by atoms with Crippen molar-refractivity contribution in [2.45, 2.75) is 26.7 Å². The minimum Gasteiger partial charge on any atom is -0.496 e. The topological polar surface area (TPSA) is 33.0 Å². The highest BCUT2D eigenvalue weighted by Gasteiger charge is 2.09. The van der Waals surface area contributed by atoms with Gasteiger partial charge in [-0.05, 0) is 42.2 Å². The summed E-state index contributed by atoms with van der Waals surface area (Å²) in [6.07, 6.45) is 1.83. The largest absolute Gasteiger partial charge is 0.496 e. The first-order valence-corrected chi connectivity index (χ1v) is 5.38. The summed E-state index contributed by atoms with van der Waals surface area (Å²) in [5.41, 5.74) is 2.79. The predicted molar refractivity (Wildman–Crippen MR) is 66.3 cm³/mol. The van der Waals surface area contributed by atoms with Crippen LogP contribution >= 0.6 is 0 Å². The van der Waals surface area contributed by atoms with Crippen LogP contribution in [0.5, 0.6) is 5.75 Å². The second-order valence-corrected chi connectivity index (χ2v) is 3.93. The third kappa shape index (κ3) is 2.43. The molecular weight excluding hydrogens is 198 g/mol. The van der Waals surface area contributed by atoms with E-state index in [0.29, 0.717) is 11.5 Å². The van der Waals surface area contributed by atoms with E-state index in [1.807, 2.05) is 31.2 Å². The fourth-order valence-electron chi connectivity index (χ4n) is 1.65. The van der Waals surface area contributed by atoms with Crippen molar-refractivity contribution in [2.75, 3.05) is 7.11 Å². The van der Waals surface area contributed by atoms with Crippen molar-refractivity contribution < 1.29 is 4.74 Å². The van der Waals surface area contributed by atoms with Gasteiger partial charge in [0.05, 0.1) is 18.8 Å². The molecule has 0 bridgehead atoms. The van der Waals surface area contributed by atoms with Gasteiger partial charge in [-0.1, -0.05) is 19.9 Å². The average molecular weight is 215 g/mol. The lowest BCUT2D eigenvalue weighted by Crippen LogP contribution is -1.95. The normalized spacial score (nSPS) is 11.4. The van der Waals surface area contributed by atoms with E-state index < -0.39 is 0 Å². The zero-order valence-electron chi connectivity index (χ0n) is 10.2. The van der Waals surface area contributed by atoms with Gasteiger partial charge in [0.15, 0.2) is 0 Å². The molecule has 0 amide bonds. The lowest BCUT2D eigenvalue weighted by Gasteiger charge is -2.13. The van der Waals surface area contributed by atoms with E-state index >= 15 is 0 Å². The van der Waals surface area contributed by atoms with Gasteiger partial charge in [-0.3, -0.25) is 0 Å². The van der Waals surface area contributed by atoms with Crippen LogP contribution in [0.2, 0.25) is 0 Å². The number of ether oxygens (including phenoxy) is 1. The summed E-state index contributed by atoms with van der Waals surface area (Å²) >= 11 is 0. The van der Waals surface area contributed by atoms with E-state index in [1.54, 1.807) is 7.11 Å². The molecule has 0 radical (unpaired) electrons. The molecule has 1 aromatic rings. The van der Waals surface area contributed by atoms with Crippen molar-refractivity contribution in [3.8, 4) is 11.8 Å². The Labute approximate surface area is 97.2 Å². The number of rotatable bonds is 3. The molecule has 0 spiro atoms. The standard InChI is InChI=1S/C14H17NO/c1-5-11(9-15)12-6-7-14(16-4)13(8-12)10(2)3/h5-8,10H,1-4H3/b11-5+. The second-order valence-electron chi connectivity index (χ2n) is 3.93. The maximum absolute atomic E-state index is 8.99. The van der Waals surface area contributed by atoms with Crippen molar-refractivity contribution in [3.05, 3.63) is 35.4 Å². The van der Waals surface area contributed by atoms with E-state index in [4.69, 9.17) is 10.00 Å². The highest BCUT2D eigenvalue weighted by Crippen LogP contribution is 2.29. The van der Waals surface area contributed by atoms with Crippen LogP contribution in [-0.4, -0.2) is 7.11 Å². The molecule has 1 rings (SSSR count). The van der Waals surface area contributed by atoms with Crippen molar-refractivity contribution in [3.63, 3.8) is 0 Å². The molecule has 2 nitrogen and oxygen atoms in total. The van der Waals surface area contributed by atoms with Crippen LogP contribution in [0.15, 0.2) is 24.3 Å². The molecule has 0 aliphatic carbocycles. The molecule has 0 N–H and O–H groups in total. The molecule has 0 aliphatic rings. The number of benzene rings is 1. The lowest BCUT2D eigenvalue weighted by atomic mass is 9.96. The fraction of sp³-hybridized carbons (Fsp3) is 0.357. The molecule has 0 aliphatic heterocycles. The molecule has 0 atom stereocenters. The van der Waals surface area contributed by atoms with E-state index in [-0.39, 0.29) is 0 Å². The van der Waals surface area contributed by atoms with Gasteiger partial charge >= 0.3 is 0 Å². The van der Waals surface area contributed by atoms with E-state index in [0.717, 1.165) is 16.9 Å². The van der Waals surface area contributed by atoms with E-state index in [9.17, 15) is 0 Å². The van der Waals surface area contributed by atoms with E-state index in [2.05, 4.69) is 19.9 Å². The number of allylic oxidation sites excluding steroid dienone is 2. The molecule has 1 aromatic carbocycles. The Hall–Kier alpha value is -1.75. The van der Waals surface area contributed by atoms with Crippen molar-refractivity contribution >= 4 is 5.57 Å². The Morgan fingerprint density at radius 2 is 2.12 bits per heavy atom. The van der Waals surface area contributed by atoms with Crippen LogP contribution in [0.25, 0.3) is 5.57 Å². The van der Waals surface area contributed by atoms with Gasteiger partial charge in [-0.15, -0.1) is 0 Å². The Balaban J connectivity index is 3.28. The Kier molecular flexibility index (Phi) is 4.13. The van der Waals surface area contributed by atoms with Crippen LogP contribution in [0, 0.1) is 11.3 Å². The summed E-state index contributed by atoms with van der Waals surface area (Å²) in [5.74, 6) is 1.26. The van der Waals surface area contributed by atoms with Gasteiger partial charge in [-0.2, -0.15) is 5.26 Å². The first kappa shape index (κ1) is 12.3. The molecule has 0 aromatic heterocycles. The van der Waals surface area contributed by atoms with Crippen molar-refractivity contribution in [1.29, 1.82) is 5.26 Å². The molecule has 84 valence electrons. The lowest BCUT2D eigenvalue weighted by molar-refractivity contribution is 0.407. The highest BCUT2D eigenvalue weighted by molar-refractivity contribution is 5.77. The first-order chi connectivity index (χ1) is 7.63. The zero-order chi connectivity index (χ0) is 12.1. The summed E-state index contributed by atoms with van der Waals surface area (Å²) in [5, 5.41) is 8.99. The third-order valence-electron chi connectivity index (χ3n) is 2.57. The highest BCUT2D eigenvalue weighted by atomic mass is 16.5. The van der Waals surface area contributed by atoms with Gasteiger partial charge < -0.3 is 4.74 Å². The van der Waals surface area contributed by atoms with Gasteiger partial charge in [0, 0.05) is 0 Å². The zero-order valence-corrected chi connectivity index (χ0v) is 10.2. The third-order valence-corrected chi connectivity index (χ3v) is 2.57. The predicted octanol–water partition coefficient (Wildman–Crippen LogP) is 3.75. The van der Waals surface area contributed by atoms with Crippen molar-refractivity contribution in [1.82, 2.24) is 0 Å².